The van der Waals surface area contributed by atoms with Crippen molar-refractivity contribution in [3.8, 4) is 22.7 Å². The molecule has 176 valence electrons. The van der Waals surface area contributed by atoms with Crippen molar-refractivity contribution in [1.29, 1.82) is 0 Å². The third kappa shape index (κ3) is 4.82. The SMILES string of the molecule is Cc1nc2c(OCC(=O)OC(C)(C)C)cccn2c(=O)c1-c1cc(C)n(-c2ccc(Cl)cc2)n1. The van der Waals surface area contributed by atoms with E-state index in [2.05, 4.69) is 10.1 Å². The topological polar surface area (TPSA) is 87.7 Å². The number of rotatable bonds is 5. The number of aryl methyl sites for hydroxylation is 2. The molecule has 0 bridgehead atoms. The number of ether oxygens (including phenoxy) is 2. The van der Waals surface area contributed by atoms with E-state index in [1.165, 1.54) is 4.40 Å². The molecule has 0 aliphatic rings. The first kappa shape index (κ1) is 23.5. The van der Waals surface area contributed by atoms with Gasteiger partial charge in [-0.2, -0.15) is 5.10 Å². The molecule has 0 saturated heterocycles. The summed E-state index contributed by atoms with van der Waals surface area (Å²) in [6.07, 6.45) is 1.61. The molecule has 0 amide bonds. The van der Waals surface area contributed by atoms with E-state index in [0.717, 1.165) is 11.4 Å². The van der Waals surface area contributed by atoms with Crippen LogP contribution < -0.4 is 10.3 Å². The molecule has 0 spiro atoms. The monoisotopic (exact) mass is 480 g/mol. The van der Waals surface area contributed by atoms with E-state index in [4.69, 9.17) is 21.1 Å². The van der Waals surface area contributed by atoms with Crippen molar-refractivity contribution in [2.24, 2.45) is 0 Å². The maximum Gasteiger partial charge on any atom is 0.344 e. The molecule has 0 N–H and O–H groups in total. The minimum atomic E-state index is -0.618. The van der Waals surface area contributed by atoms with E-state index < -0.39 is 11.6 Å². The van der Waals surface area contributed by atoms with Gasteiger partial charge < -0.3 is 9.47 Å². The molecule has 4 rings (SSSR count). The fourth-order valence-electron chi connectivity index (χ4n) is 3.60. The van der Waals surface area contributed by atoms with Crippen molar-refractivity contribution < 1.29 is 14.3 Å². The van der Waals surface area contributed by atoms with Crippen molar-refractivity contribution in [3.63, 3.8) is 0 Å². The summed E-state index contributed by atoms with van der Waals surface area (Å²) in [5.74, 6) is -0.198. The number of carbonyl (C=O) groups excluding carboxylic acids is 1. The van der Waals surface area contributed by atoms with Gasteiger partial charge in [-0.1, -0.05) is 11.6 Å². The number of hydrogen-bond acceptors (Lipinski definition) is 6. The van der Waals surface area contributed by atoms with Crippen molar-refractivity contribution in [2.45, 2.75) is 40.2 Å². The Bertz CT molecular complexity index is 1430. The fourth-order valence-corrected chi connectivity index (χ4v) is 3.72. The van der Waals surface area contributed by atoms with Crippen molar-refractivity contribution in [1.82, 2.24) is 19.2 Å². The van der Waals surface area contributed by atoms with Crippen LogP contribution in [0.4, 0.5) is 0 Å². The van der Waals surface area contributed by atoms with Crippen LogP contribution in [0, 0.1) is 13.8 Å². The Kier molecular flexibility index (Phi) is 6.18. The molecular formula is C25H25ClN4O4. The molecule has 1 aromatic carbocycles. The summed E-state index contributed by atoms with van der Waals surface area (Å²) in [5, 5.41) is 5.28. The molecule has 4 aromatic rings. The molecule has 0 saturated carbocycles. The van der Waals surface area contributed by atoms with Crippen LogP contribution in [0.3, 0.4) is 0 Å². The second kappa shape index (κ2) is 8.95. The Hall–Kier alpha value is -3.65. The van der Waals surface area contributed by atoms with Gasteiger partial charge in [0.05, 0.1) is 16.9 Å². The average molecular weight is 481 g/mol. The average Bonchev–Trinajstić information content (AvgIpc) is 3.12. The van der Waals surface area contributed by atoms with Gasteiger partial charge in [0, 0.05) is 16.9 Å². The van der Waals surface area contributed by atoms with Crippen LogP contribution in [0.2, 0.25) is 5.02 Å². The Balaban J connectivity index is 1.71. The molecule has 0 fully saturated rings. The molecule has 0 aliphatic heterocycles. The first-order valence-corrected chi connectivity index (χ1v) is 11.1. The summed E-state index contributed by atoms with van der Waals surface area (Å²) in [6.45, 7) is 8.71. The van der Waals surface area contributed by atoms with Gasteiger partial charge in [-0.05, 0) is 77.1 Å². The Morgan fingerprint density at radius 1 is 1.12 bits per heavy atom. The molecule has 3 heterocycles. The fraction of sp³-hybridized carbons (Fsp3) is 0.280. The number of esters is 1. The lowest BCUT2D eigenvalue weighted by atomic mass is 10.1. The van der Waals surface area contributed by atoms with Gasteiger partial charge in [-0.15, -0.1) is 0 Å². The van der Waals surface area contributed by atoms with E-state index in [-0.39, 0.29) is 12.2 Å². The van der Waals surface area contributed by atoms with Crippen LogP contribution in [0.5, 0.6) is 5.75 Å². The summed E-state index contributed by atoms with van der Waals surface area (Å²) >= 11 is 6.00. The smallest absolute Gasteiger partial charge is 0.344 e. The highest BCUT2D eigenvalue weighted by molar-refractivity contribution is 6.30. The van der Waals surface area contributed by atoms with E-state index in [1.54, 1.807) is 62.8 Å². The van der Waals surface area contributed by atoms with Gasteiger partial charge in [0.2, 0.25) is 0 Å². The van der Waals surface area contributed by atoms with Crippen LogP contribution in [0.25, 0.3) is 22.6 Å². The van der Waals surface area contributed by atoms with Crippen LogP contribution >= 0.6 is 11.6 Å². The standard InChI is InChI=1S/C25H25ClN4O4/c1-15-13-19(28-30(15)18-10-8-17(26)9-11-18)22-16(2)27-23-20(7-6-12-29(23)24(22)32)33-14-21(31)34-25(3,4)5/h6-13H,14H2,1-5H3. The highest BCUT2D eigenvalue weighted by Gasteiger charge is 2.20. The number of pyridine rings is 1. The highest BCUT2D eigenvalue weighted by Crippen LogP contribution is 2.24. The summed E-state index contributed by atoms with van der Waals surface area (Å²) in [5.41, 5.74) is 2.49. The number of nitrogens with zero attached hydrogens (tertiary/aromatic N) is 4. The zero-order valence-corrected chi connectivity index (χ0v) is 20.4. The zero-order chi connectivity index (χ0) is 24.6. The summed E-state index contributed by atoms with van der Waals surface area (Å²) in [4.78, 5) is 30.1. The first-order valence-electron chi connectivity index (χ1n) is 10.7. The summed E-state index contributed by atoms with van der Waals surface area (Å²) < 4.78 is 14.1. The number of hydrogen-bond donors (Lipinski definition) is 0. The number of carbonyl (C=O) groups is 1. The van der Waals surface area contributed by atoms with Gasteiger partial charge in [0.25, 0.3) is 5.56 Å². The maximum atomic E-state index is 13.4. The molecule has 34 heavy (non-hydrogen) atoms. The van der Waals surface area contributed by atoms with Gasteiger partial charge in [0.15, 0.2) is 18.0 Å². The Morgan fingerprint density at radius 3 is 2.50 bits per heavy atom. The Morgan fingerprint density at radius 2 is 1.82 bits per heavy atom. The predicted molar refractivity (Wildman–Crippen MR) is 130 cm³/mol. The molecule has 0 atom stereocenters. The minimum Gasteiger partial charge on any atom is -0.478 e. The third-order valence-corrected chi connectivity index (χ3v) is 5.23. The summed E-state index contributed by atoms with van der Waals surface area (Å²) in [7, 11) is 0. The first-order chi connectivity index (χ1) is 16.0. The van der Waals surface area contributed by atoms with Gasteiger partial charge in [-0.3, -0.25) is 9.20 Å². The second-order valence-electron chi connectivity index (χ2n) is 8.88. The molecule has 0 radical (unpaired) electrons. The van der Waals surface area contributed by atoms with Gasteiger partial charge in [-0.25, -0.2) is 14.5 Å². The number of fused-ring (bicyclic) bond motifs is 1. The van der Waals surface area contributed by atoms with E-state index in [9.17, 15) is 9.59 Å². The van der Waals surface area contributed by atoms with Crippen molar-refractivity contribution >= 4 is 23.2 Å². The Labute approximate surface area is 201 Å². The van der Waals surface area contributed by atoms with Crippen molar-refractivity contribution in [2.75, 3.05) is 6.61 Å². The molecule has 3 aromatic heterocycles. The van der Waals surface area contributed by atoms with E-state index in [1.807, 2.05) is 25.1 Å². The normalized spacial score (nSPS) is 11.6. The lowest BCUT2D eigenvalue weighted by molar-refractivity contribution is -0.157. The van der Waals surface area contributed by atoms with Gasteiger partial charge in [0.1, 0.15) is 11.3 Å². The molecular weight excluding hydrogens is 456 g/mol. The van der Waals surface area contributed by atoms with Crippen LogP contribution in [-0.2, 0) is 9.53 Å². The number of halogens is 1. The lowest BCUT2D eigenvalue weighted by Gasteiger charge is -2.19. The van der Waals surface area contributed by atoms with Crippen molar-refractivity contribution in [3.05, 3.63) is 75.4 Å². The highest BCUT2D eigenvalue weighted by atomic mass is 35.5. The van der Waals surface area contributed by atoms with Crippen LogP contribution in [-0.4, -0.2) is 37.3 Å². The molecule has 8 nitrogen and oxygen atoms in total. The zero-order valence-electron chi connectivity index (χ0n) is 19.6. The second-order valence-corrected chi connectivity index (χ2v) is 9.31. The van der Waals surface area contributed by atoms with Crippen LogP contribution in [0.15, 0.2) is 53.5 Å². The lowest BCUT2D eigenvalue weighted by Crippen LogP contribution is -2.27. The largest absolute Gasteiger partial charge is 0.478 e. The molecule has 9 heteroatoms. The van der Waals surface area contributed by atoms with E-state index in [0.29, 0.717) is 33.4 Å². The number of aromatic nitrogens is 4. The summed E-state index contributed by atoms with van der Waals surface area (Å²) in [6, 6.07) is 12.5. The van der Waals surface area contributed by atoms with Crippen LogP contribution in [0.1, 0.15) is 32.2 Å². The maximum absolute atomic E-state index is 13.4. The van der Waals surface area contributed by atoms with Gasteiger partial charge >= 0.3 is 5.97 Å². The quantitative estimate of drug-likeness (QED) is 0.390. The van der Waals surface area contributed by atoms with E-state index >= 15 is 0 Å². The molecule has 0 unspecified atom stereocenters. The third-order valence-electron chi connectivity index (χ3n) is 4.98. The number of benzene rings is 1. The molecule has 0 aliphatic carbocycles. The predicted octanol–water partition coefficient (Wildman–Crippen LogP) is 4.54. The minimum absolute atomic E-state index is 0.286.